The van der Waals surface area contributed by atoms with Crippen LogP contribution in [0.3, 0.4) is 0 Å². The summed E-state index contributed by atoms with van der Waals surface area (Å²) >= 11 is 0. The summed E-state index contributed by atoms with van der Waals surface area (Å²) in [6.45, 7) is 2.91. The van der Waals surface area contributed by atoms with Crippen LogP contribution in [0.4, 0.5) is 10.1 Å². The van der Waals surface area contributed by atoms with Gasteiger partial charge in [-0.2, -0.15) is 0 Å². The fourth-order valence-corrected chi connectivity index (χ4v) is 1.69. The van der Waals surface area contributed by atoms with Crippen LogP contribution in [0.15, 0.2) is 42.5 Å². The van der Waals surface area contributed by atoms with Gasteiger partial charge in [0.1, 0.15) is 23.9 Å². The van der Waals surface area contributed by atoms with Gasteiger partial charge in [-0.25, -0.2) is 4.39 Å². The van der Waals surface area contributed by atoms with Crippen LogP contribution in [0.2, 0.25) is 0 Å². The van der Waals surface area contributed by atoms with Crippen molar-refractivity contribution < 1.29 is 13.9 Å². The van der Waals surface area contributed by atoms with E-state index in [9.17, 15) is 4.39 Å². The highest BCUT2D eigenvalue weighted by Gasteiger charge is 2.04. The van der Waals surface area contributed by atoms with Gasteiger partial charge >= 0.3 is 0 Å². The average Bonchev–Trinajstić information content (AvgIpc) is 2.45. The number of benzene rings is 2. The zero-order valence-electron chi connectivity index (χ0n) is 11.4. The van der Waals surface area contributed by atoms with Crippen LogP contribution in [0.1, 0.15) is 18.9 Å². The van der Waals surface area contributed by atoms with Crippen molar-refractivity contribution in [2.24, 2.45) is 0 Å². The largest absolute Gasteiger partial charge is 0.494 e. The molecule has 0 unspecified atom stereocenters. The topological polar surface area (TPSA) is 44.5 Å². The zero-order chi connectivity index (χ0) is 14.4. The molecule has 2 N–H and O–H groups in total. The maximum absolute atomic E-state index is 13.6. The molecule has 0 aromatic heterocycles. The van der Waals surface area contributed by atoms with Gasteiger partial charge in [-0.15, -0.1) is 0 Å². The molecule has 0 amide bonds. The first-order chi connectivity index (χ1) is 9.69. The lowest BCUT2D eigenvalue weighted by atomic mass is 10.2. The molecule has 4 heteroatoms. The molecule has 0 aliphatic heterocycles. The maximum atomic E-state index is 13.6. The normalized spacial score (nSPS) is 10.3. The molecule has 0 saturated heterocycles. The molecule has 0 spiro atoms. The highest BCUT2D eigenvalue weighted by molar-refractivity contribution is 5.40. The van der Waals surface area contributed by atoms with E-state index < -0.39 is 0 Å². The molecule has 0 radical (unpaired) electrons. The molecule has 0 saturated carbocycles. The van der Waals surface area contributed by atoms with Crippen LogP contribution in [-0.2, 0) is 6.61 Å². The van der Waals surface area contributed by atoms with E-state index in [1.165, 1.54) is 6.07 Å². The van der Waals surface area contributed by atoms with Crippen molar-refractivity contribution in [1.29, 1.82) is 0 Å². The molecule has 2 aromatic rings. The fourth-order valence-electron chi connectivity index (χ4n) is 1.69. The molecular formula is C16H18FNO2. The number of halogens is 1. The van der Waals surface area contributed by atoms with E-state index in [1.807, 2.05) is 12.1 Å². The van der Waals surface area contributed by atoms with Crippen LogP contribution in [0.5, 0.6) is 11.5 Å². The summed E-state index contributed by atoms with van der Waals surface area (Å²) in [5, 5.41) is 0. The standard InChI is InChI=1S/C16H18FNO2/c1-2-9-19-14-5-7-15(8-6-14)20-11-12-3-4-13(18)10-16(12)17/h3-8,10H,2,9,11,18H2,1H3. The molecule has 2 rings (SSSR count). The Morgan fingerprint density at radius 1 is 1.00 bits per heavy atom. The van der Waals surface area contributed by atoms with Gasteiger partial charge in [-0.1, -0.05) is 13.0 Å². The predicted molar refractivity (Wildman–Crippen MR) is 77.4 cm³/mol. The molecule has 0 aliphatic carbocycles. The van der Waals surface area contributed by atoms with E-state index in [0.717, 1.165) is 12.2 Å². The molecule has 0 bridgehead atoms. The Balaban J connectivity index is 1.93. The summed E-state index contributed by atoms with van der Waals surface area (Å²) in [7, 11) is 0. The Morgan fingerprint density at radius 3 is 2.25 bits per heavy atom. The third kappa shape index (κ3) is 3.88. The van der Waals surface area contributed by atoms with Crippen molar-refractivity contribution in [2.45, 2.75) is 20.0 Å². The SMILES string of the molecule is CCCOc1ccc(OCc2ccc(N)cc2F)cc1. The minimum absolute atomic E-state index is 0.168. The summed E-state index contributed by atoms with van der Waals surface area (Å²) in [4.78, 5) is 0. The highest BCUT2D eigenvalue weighted by Crippen LogP contribution is 2.20. The third-order valence-electron chi connectivity index (χ3n) is 2.77. The number of rotatable bonds is 6. The number of ether oxygens (including phenoxy) is 2. The van der Waals surface area contributed by atoms with Gasteiger partial charge < -0.3 is 15.2 Å². The Morgan fingerprint density at radius 2 is 1.65 bits per heavy atom. The van der Waals surface area contributed by atoms with Crippen molar-refractivity contribution in [3.63, 3.8) is 0 Å². The quantitative estimate of drug-likeness (QED) is 0.816. The number of hydrogen-bond acceptors (Lipinski definition) is 3. The van der Waals surface area contributed by atoms with Gasteiger partial charge in [0.2, 0.25) is 0 Å². The molecule has 0 fully saturated rings. The van der Waals surface area contributed by atoms with Crippen molar-refractivity contribution in [2.75, 3.05) is 12.3 Å². The summed E-state index contributed by atoms with van der Waals surface area (Å²) in [6.07, 6.45) is 0.967. The summed E-state index contributed by atoms with van der Waals surface area (Å²) in [5.41, 5.74) is 6.38. The van der Waals surface area contributed by atoms with Crippen LogP contribution >= 0.6 is 0 Å². The van der Waals surface area contributed by atoms with Gasteiger partial charge in [-0.05, 0) is 42.8 Å². The van der Waals surface area contributed by atoms with Gasteiger partial charge in [-0.3, -0.25) is 0 Å². The first-order valence-electron chi connectivity index (χ1n) is 6.58. The second kappa shape index (κ2) is 6.80. The van der Waals surface area contributed by atoms with Crippen LogP contribution in [0, 0.1) is 5.82 Å². The number of hydrogen-bond donors (Lipinski definition) is 1. The Kier molecular flexibility index (Phi) is 4.82. The summed E-state index contributed by atoms with van der Waals surface area (Å²) in [6, 6.07) is 11.9. The average molecular weight is 275 g/mol. The Labute approximate surface area is 118 Å². The monoisotopic (exact) mass is 275 g/mol. The van der Waals surface area contributed by atoms with Gasteiger partial charge in [0.15, 0.2) is 0 Å². The van der Waals surface area contributed by atoms with Crippen LogP contribution < -0.4 is 15.2 Å². The second-order valence-electron chi connectivity index (χ2n) is 4.46. The smallest absolute Gasteiger partial charge is 0.131 e. The first kappa shape index (κ1) is 14.2. The van der Waals surface area contributed by atoms with Crippen molar-refractivity contribution in [3.8, 4) is 11.5 Å². The Bertz CT molecular complexity index is 555. The minimum atomic E-state index is -0.354. The predicted octanol–water partition coefficient (Wildman–Crippen LogP) is 3.78. The zero-order valence-corrected chi connectivity index (χ0v) is 11.4. The van der Waals surface area contributed by atoms with E-state index in [-0.39, 0.29) is 12.4 Å². The van der Waals surface area contributed by atoms with Crippen molar-refractivity contribution >= 4 is 5.69 Å². The molecule has 20 heavy (non-hydrogen) atoms. The third-order valence-corrected chi connectivity index (χ3v) is 2.77. The van der Waals surface area contributed by atoms with Crippen molar-refractivity contribution in [1.82, 2.24) is 0 Å². The lowest BCUT2D eigenvalue weighted by Gasteiger charge is -2.09. The molecule has 3 nitrogen and oxygen atoms in total. The fraction of sp³-hybridized carbons (Fsp3) is 0.250. The molecule has 0 aliphatic rings. The first-order valence-corrected chi connectivity index (χ1v) is 6.58. The van der Waals surface area contributed by atoms with E-state index in [2.05, 4.69) is 6.92 Å². The molecule has 0 heterocycles. The van der Waals surface area contributed by atoms with E-state index >= 15 is 0 Å². The van der Waals surface area contributed by atoms with Crippen LogP contribution in [-0.4, -0.2) is 6.61 Å². The maximum Gasteiger partial charge on any atom is 0.131 e. The molecular weight excluding hydrogens is 257 g/mol. The Hall–Kier alpha value is -2.23. The van der Waals surface area contributed by atoms with Crippen molar-refractivity contribution in [3.05, 3.63) is 53.8 Å². The number of nitrogen functional groups attached to an aromatic ring is 1. The van der Waals surface area contributed by atoms with E-state index in [4.69, 9.17) is 15.2 Å². The van der Waals surface area contributed by atoms with Gasteiger partial charge in [0.05, 0.1) is 6.61 Å². The van der Waals surface area contributed by atoms with E-state index in [0.29, 0.717) is 23.6 Å². The summed E-state index contributed by atoms with van der Waals surface area (Å²) in [5.74, 6) is 1.12. The minimum Gasteiger partial charge on any atom is -0.494 e. The van der Waals surface area contributed by atoms with Crippen LogP contribution in [0.25, 0.3) is 0 Å². The number of anilines is 1. The lowest BCUT2D eigenvalue weighted by Crippen LogP contribution is -2.00. The van der Waals surface area contributed by atoms with E-state index in [1.54, 1.807) is 24.3 Å². The number of nitrogens with two attached hydrogens (primary N) is 1. The second-order valence-corrected chi connectivity index (χ2v) is 4.46. The molecule has 106 valence electrons. The molecule has 0 atom stereocenters. The highest BCUT2D eigenvalue weighted by atomic mass is 19.1. The lowest BCUT2D eigenvalue weighted by molar-refractivity contribution is 0.296. The van der Waals surface area contributed by atoms with Gasteiger partial charge in [0, 0.05) is 11.3 Å². The molecule has 2 aromatic carbocycles. The summed E-state index contributed by atoms with van der Waals surface area (Å²) < 4.78 is 24.6. The van der Waals surface area contributed by atoms with Gasteiger partial charge in [0.25, 0.3) is 0 Å².